The van der Waals surface area contributed by atoms with E-state index in [9.17, 15) is 9.90 Å². The summed E-state index contributed by atoms with van der Waals surface area (Å²) < 4.78 is 0. The predicted octanol–water partition coefficient (Wildman–Crippen LogP) is 3.13. The molecule has 0 fully saturated rings. The average molecular weight is 224 g/mol. The van der Waals surface area contributed by atoms with Crippen molar-refractivity contribution in [1.29, 1.82) is 0 Å². The van der Waals surface area contributed by atoms with Gasteiger partial charge in [-0.3, -0.25) is 4.79 Å². The SMILES string of the molecule is O=C(O)C12C=Cc3ccccc3C1=CC=CC2. The highest BCUT2D eigenvalue weighted by atomic mass is 16.4. The molecule has 0 saturated carbocycles. The summed E-state index contributed by atoms with van der Waals surface area (Å²) in [6.45, 7) is 0. The summed E-state index contributed by atoms with van der Waals surface area (Å²) in [5.41, 5.74) is 2.14. The summed E-state index contributed by atoms with van der Waals surface area (Å²) in [5, 5.41) is 9.52. The molecule has 1 unspecified atom stereocenters. The first-order valence-electron chi connectivity index (χ1n) is 5.63. The van der Waals surface area contributed by atoms with Gasteiger partial charge in [0.15, 0.2) is 0 Å². The number of carboxylic acid groups (broad SMARTS) is 1. The molecule has 2 heteroatoms. The van der Waals surface area contributed by atoms with Crippen LogP contribution in [-0.4, -0.2) is 11.1 Å². The Hall–Kier alpha value is -2.09. The number of benzene rings is 1. The molecule has 0 radical (unpaired) electrons. The van der Waals surface area contributed by atoms with Gasteiger partial charge in [-0.1, -0.05) is 54.6 Å². The van der Waals surface area contributed by atoms with E-state index in [0.29, 0.717) is 6.42 Å². The van der Waals surface area contributed by atoms with E-state index in [4.69, 9.17) is 0 Å². The van der Waals surface area contributed by atoms with Gasteiger partial charge >= 0.3 is 5.97 Å². The Bertz CT molecular complexity index is 578. The quantitative estimate of drug-likeness (QED) is 0.795. The number of carboxylic acids is 1. The average Bonchev–Trinajstić information content (AvgIpc) is 2.38. The lowest BCUT2D eigenvalue weighted by molar-refractivity contribution is -0.143. The van der Waals surface area contributed by atoms with Crippen molar-refractivity contribution in [1.82, 2.24) is 0 Å². The van der Waals surface area contributed by atoms with Crippen molar-refractivity contribution in [3.63, 3.8) is 0 Å². The van der Waals surface area contributed by atoms with Crippen LogP contribution >= 0.6 is 0 Å². The fourth-order valence-corrected chi connectivity index (χ4v) is 2.56. The van der Waals surface area contributed by atoms with Crippen LogP contribution in [-0.2, 0) is 4.79 Å². The number of fused-ring (bicyclic) bond motifs is 3. The second kappa shape index (κ2) is 3.45. The van der Waals surface area contributed by atoms with E-state index in [1.165, 1.54) is 0 Å². The Labute approximate surface area is 99.6 Å². The van der Waals surface area contributed by atoms with Crippen LogP contribution in [0.5, 0.6) is 0 Å². The highest BCUT2D eigenvalue weighted by molar-refractivity contribution is 6.00. The van der Waals surface area contributed by atoms with Crippen molar-refractivity contribution in [2.45, 2.75) is 6.42 Å². The van der Waals surface area contributed by atoms with Crippen molar-refractivity contribution in [3.8, 4) is 0 Å². The van der Waals surface area contributed by atoms with E-state index >= 15 is 0 Å². The Kier molecular flexibility index (Phi) is 2.05. The largest absolute Gasteiger partial charge is 0.480 e. The third-order valence-electron chi connectivity index (χ3n) is 3.50. The first kappa shape index (κ1) is 10.1. The zero-order valence-electron chi connectivity index (χ0n) is 9.26. The normalized spacial score (nSPS) is 24.8. The first-order valence-corrected chi connectivity index (χ1v) is 5.63. The van der Waals surface area contributed by atoms with Crippen LogP contribution < -0.4 is 0 Å². The molecular weight excluding hydrogens is 212 g/mol. The fourth-order valence-electron chi connectivity index (χ4n) is 2.56. The Morgan fingerprint density at radius 3 is 2.94 bits per heavy atom. The maximum atomic E-state index is 11.6. The molecule has 17 heavy (non-hydrogen) atoms. The maximum Gasteiger partial charge on any atom is 0.318 e. The first-order chi connectivity index (χ1) is 8.24. The Morgan fingerprint density at radius 1 is 1.29 bits per heavy atom. The molecule has 2 aliphatic carbocycles. The summed E-state index contributed by atoms with van der Waals surface area (Å²) in [7, 11) is 0. The van der Waals surface area contributed by atoms with Gasteiger partial charge in [0.1, 0.15) is 5.41 Å². The molecule has 1 aromatic rings. The second-order valence-corrected chi connectivity index (χ2v) is 4.41. The number of rotatable bonds is 1. The maximum absolute atomic E-state index is 11.6. The highest BCUT2D eigenvalue weighted by Crippen LogP contribution is 2.47. The minimum atomic E-state index is -0.872. The van der Waals surface area contributed by atoms with Gasteiger partial charge in [-0.25, -0.2) is 0 Å². The van der Waals surface area contributed by atoms with Crippen molar-refractivity contribution in [2.24, 2.45) is 5.41 Å². The molecule has 0 spiro atoms. The van der Waals surface area contributed by atoms with E-state index < -0.39 is 11.4 Å². The smallest absolute Gasteiger partial charge is 0.318 e. The van der Waals surface area contributed by atoms with Gasteiger partial charge in [-0.05, 0) is 23.1 Å². The number of hydrogen-bond donors (Lipinski definition) is 1. The minimum absolute atomic E-state index is 0.527. The van der Waals surface area contributed by atoms with Crippen LogP contribution in [0.3, 0.4) is 0 Å². The topological polar surface area (TPSA) is 37.3 Å². The molecule has 1 atom stereocenters. The van der Waals surface area contributed by atoms with E-state index in [1.807, 2.05) is 54.6 Å². The molecule has 0 amide bonds. The summed E-state index contributed by atoms with van der Waals surface area (Å²) in [5.74, 6) is -0.779. The highest BCUT2D eigenvalue weighted by Gasteiger charge is 2.42. The van der Waals surface area contributed by atoms with E-state index in [0.717, 1.165) is 16.7 Å². The molecule has 0 bridgehead atoms. The number of carbonyl (C=O) groups is 1. The van der Waals surface area contributed by atoms with Gasteiger partial charge in [0, 0.05) is 0 Å². The molecule has 2 aliphatic rings. The number of allylic oxidation sites excluding steroid dienone is 3. The fraction of sp³-hybridized carbons (Fsp3) is 0.133. The molecule has 0 heterocycles. The lowest BCUT2D eigenvalue weighted by Crippen LogP contribution is -2.32. The van der Waals surface area contributed by atoms with Gasteiger partial charge in [0.25, 0.3) is 0 Å². The van der Waals surface area contributed by atoms with Crippen LogP contribution in [0.15, 0.2) is 48.6 Å². The molecule has 2 nitrogen and oxygen atoms in total. The zero-order chi connectivity index (χ0) is 11.9. The minimum Gasteiger partial charge on any atom is -0.480 e. The van der Waals surface area contributed by atoms with Crippen LogP contribution in [0.1, 0.15) is 17.5 Å². The molecule has 3 rings (SSSR count). The van der Waals surface area contributed by atoms with Gasteiger partial charge in [-0.2, -0.15) is 0 Å². The van der Waals surface area contributed by atoms with Crippen molar-refractivity contribution >= 4 is 17.6 Å². The third kappa shape index (κ3) is 1.30. The second-order valence-electron chi connectivity index (χ2n) is 4.41. The summed E-state index contributed by atoms with van der Waals surface area (Å²) in [4.78, 5) is 11.6. The Balaban J connectivity index is 2.27. The molecule has 0 saturated heterocycles. The van der Waals surface area contributed by atoms with E-state index in [2.05, 4.69) is 0 Å². The molecule has 0 aliphatic heterocycles. The van der Waals surface area contributed by atoms with Gasteiger partial charge in [0.2, 0.25) is 0 Å². The van der Waals surface area contributed by atoms with Crippen molar-refractivity contribution in [3.05, 3.63) is 59.7 Å². The predicted molar refractivity (Wildman–Crippen MR) is 67.3 cm³/mol. The molecule has 84 valence electrons. The standard InChI is InChI=1S/C15H12O2/c16-14(17)15-9-4-3-7-13(15)12-6-2-1-5-11(12)8-10-15/h1-8,10H,9H2,(H,16,17). The molecule has 1 aromatic carbocycles. The zero-order valence-corrected chi connectivity index (χ0v) is 9.26. The molecule has 1 N–H and O–H groups in total. The molecular formula is C15H12O2. The van der Waals surface area contributed by atoms with Crippen LogP contribution in [0, 0.1) is 5.41 Å². The molecule has 0 aromatic heterocycles. The summed E-state index contributed by atoms with van der Waals surface area (Å²) in [6, 6.07) is 7.91. The van der Waals surface area contributed by atoms with Gasteiger partial charge in [-0.15, -0.1) is 0 Å². The van der Waals surface area contributed by atoms with Crippen LogP contribution in [0.2, 0.25) is 0 Å². The van der Waals surface area contributed by atoms with Gasteiger partial charge in [0.05, 0.1) is 0 Å². The summed E-state index contributed by atoms with van der Waals surface area (Å²) >= 11 is 0. The summed E-state index contributed by atoms with van der Waals surface area (Å²) in [6.07, 6.45) is 10.0. The van der Waals surface area contributed by atoms with Crippen molar-refractivity contribution in [2.75, 3.05) is 0 Å². The van der Waals surface area contributed by atoms with Crippen molar-refractivity contribution < 1.29 is 9.90 Å². The third-order valence-corrected chi connectivity index (χ3v) is 3.50. The lowest BCUT2D eigenvalue weighted by atomic mass is 9.68. The monoisotopic (exact) mass is 224 g/mol. The van der Waals surface area contributed by atoms with Gasteiger partial charge < -0.3 is 5.11 Å². The van der Waals surface area contributed by atoms with E-state index in [-0.39, 0.29) is 0 Å². The van der Waals surface area contributed by atoms with E-state index in [1.54, 1.807) is 0 Å². The number of aliphatic carboxylic acids is 1. The number of hydrogen-bond acceptors (Lipinski definition) is 1. The van der Waals surface area contributed by atoms with Crippen LogP contribution in [0.25, 0.3) is 11.6 Å². The lowest BCUT2D eigenvalue weighted by Gasteiger charge is -2.34. The Morgan fingerprint density at radius 2 is 2.12 bits per heavy atom. The van der Waals surface area contributed by atoms with Crippen LogP contribution in [0.4, 0.5) is 0 Å².